The summed E-state index contributed by atoms with van der Waals surface area (Å²) in [4.78, 5) is 0. The second-order valence-corrected chi connectivity index (χ2v) is 8.74. The molecule has 0 radical (unpaired) electrons. The first-order valence-electron chi connectivity index (χ1n) is 7.63. The first-order chi connectivity index (χ1) is 9.97. The van der Waals surface area contributed by atoms with Crippen LogP contribution in [0.15, 0.2) is 24.3 Å². The van der Waals surface area contributed by atoms with Gasteiger partial charge in [-0.05, 0) is 31.2 Å². The van der Waals surface area contributed by atoms with Crippen molar-refractivity contribution in [1.82, 2.24) is 0 Å². The Balaban J connectivity index is 1.75. The highest BCUT2D eigenvalue weighted by molar-refractivity contribution is 7.91. The van der Waals surface area contributed by atoms with Gasteiger partial charge in [0.25, 0.3) is 0 Å². The maximum atomic E-state index is 11.8. The predicted molar refractivity (Wildman–Crippen MR) is 83.2 cm³/mol. The summed E-state index contributed by atoms with van der Waals surface area (Å²) in [6.45, 7) is 0.612. The van der Waals surface area contributed by atoms with Crippen LogP contribution >= 0.6 is 0 Å². The van der Waals surface area contributed by atoms with Gasteiger partial charge in [0.05, 0.1) is 11.9 Å². The molecule has 0 amide bonds. The van der Waals surface area contributed by atoms with E-state index in [1.807, 2.05) is 18.2 Å². The Kier molecular flexibility index (Phi) is 3.97. The van der Waals surface area contributed by atoms with Crippen molar-refractivity contribution >= 4 is 9.84 Å². The number of hydrogen-bond donors (Lipinski definition) is 1. The van der Waals surface area contributed by atoms with E-state index in [4.69, 9.17) is 10.5 Å². The molecule has 0 bridgehead atoms. The summed E-state index contributed by atoms with van der Waals surface area (Å²) >= 11 is 0. The summed E-state index contributed by atoms with van der Waals surface area (Å²) in [7, 11) is -2.96. The molecule has 1 aromatic carbocycles. The second kappa shape index (κ2) is 5.61. The molecule has 0 spiro atoms. The molecule has 1 heterocycles. The first-order valence-corrected chi connectivity index (χ1v) is 9.58. The summed E-state index contributed by atoms with van der Waals surface area (Å²) in [6.07, 6.45) is 4.79. The van der Waals surface area contributed by atoms with E-state index in [2.05, 4.69) is 6.07 Å². The summed E-state index contributed by atoms with van der Waals surface area (Å²) < 4.78 is 29.3. The Morgan fingerprint density at radius 2 is 2.05 bits per heavy atom. The average molecular weight is 309 g/mol. The number of nitrogens with two attached hydrogens (primary N) is 1. The second-order valence-electron chi connectivity index (χ2n) is 6.41. The van der Waals surface area contributed by atoms with E-state index in [0.29, 0.717) is 13.0 Å². The Morgan fingerprint density at radius 3 is 2.81 bits per heavy atom. The van der Waals surface area contributed by atoms with Gasteiger partial charge in [-0.2, -0.15) is 0 Å². The first kappa shape index (κ1) is 14.9. The number of rotatable bonds is 3. The molecular formula is C16H23NO3S. The molecule has 2 aliphatic rings. The number of para-hydroxylation sites is 1. The third-order valence-corrected chi connectivity index (χ3v) is 6.66. The van der Waals surface area contributed by atoms with Crippen LogP contribution in [0.5, 0.6) is 5.75 Å². The van der Waals surface area contributed by atoms with Crippen LogP contribution in [-0.4, -0.2) is 32.6 Å². The molecule has 1 aromatic rings. The zero-order valence-corrected chi connectivity index (χ0v) is 13.2. The van der Waals surface area contributed by atoms with E-state index in [1.165, 1.54) is 11.8 Å². The fourth-order valence-corrected chi connectivity index (χ4v) is 4.95. The van der Waals surface area contributed by atoms with Crippen LogP contribution in [0.1, 0.15) is 37.2 Å². The minimum atomic E-state index is -2.96. The molecule has 1 aliphatic carbocycles. The summed E-state index contributed by atoms with van der Waals surface area (Å²) in [5, 5.41) is -0.222. The molecule has 2 N–H and O–H groups in total. The SMILES string of the molecule is CS(=O)(=O)C1CCCC(C(N)C2COc3ccccc32)C1. The molecule has 1 saturated carbocycles. The lowest BCUT2D eigenvalue weighted by Gasteiger charge is -2.34. The normalized spacial score (nSPS) is 30.5. The van der Waals surface area contributed by atoms with Crippen molar-refractivity contribution in [3.8, 4) is 5.75 Å². The van der Waals surface area contributed by atoms with Crippen LogP contribution in [0.2, 0.25) is 0 Å². The van der Waals surface area contributed by atoms with Gasteiger partial charge in [-0.1, -0.05) is 24.6 Å². The van der Waals surface area contributed by atoms with Gasteiger partial charge in [-0.3, -0.25) is 0 Å². The predicted octanol–water partition coefficient (Wildman–Crippen LogP) is 2.09. The van der Waals surface area contributed by atoms with Gasteiger partial charge >= 0.3 is 0 Å². The Labute approximate surface area is 126 Å². The summed E-state index contributed by atoms with van der Waals surface area (Å²) in [6, 6.07) is 7.99. The molecule has 3 rings (SSSR count). The van der Waals surface area contributed by atoms with E-state index in [-0.39, 0.29) is 23.1 Å². The van der Waals surface area contributed by atoms with Gasteiger partial charge in [-0.25, -0.2) is 8.42 Å². The minimum absolute atomic E-state index is 0.0294. The number of fused-ring (bicyclic) bond motifs is 1. The monoisotopic (exact) mass is 309 g/mol. The smallest absolute Gasteiger partial charge is 0.150 e. The Bertz CT molecular complexity index is 614. The highest BCUT2D eigenvalue weighted by atomic mass is 32.2. The highest BCUT2D eigenvalue weighted by Gasteiger charge is 2.38. The number of ether oxygens (including phenoxy) is 1. The summed E-state index contributed by atoms with van der Waals surface area (Å²) in [5.41, 5.74) is 7.67. The Hall–Kier alpha value is -1.07. The van der Waals surface area contributed by atoms with Crippen LogP contribution in [-0.2, 0) is 9.84 Å². The maximum absolute atomic E-state index is 11.8. The lowest BCUT2D eigenvalue weighted by molar-refractivity contribution is 0.244. The van der Waals surface area contributed by atoms with E-state index >= 15 is 0 Å². The molecule has 4 nitrogen and oxygen atoms in total. The quantitative estimate of drug-likeness (QED) is 0.928. The van der Waals surface area contributed by atoms with Crippen molar-refractivity contribution < 1.29 is 13.2 Å². The molecule has 4 unspecified atom stereocenters. The van der Waals surface area contributed by atoms with Gasteiger partial charge in [0.15, 0.2) is 0 Å². The third-order valence-electron chi connectivity index (χ3n) is 5.02. The summed E-state index contributed by atoms with van der Waals surface area (Å²) in [5.74, 6) is 1.37. The lowest BCUT2D eigenvalue weighted by atomic mass is 9.77. The molecule has 116 valence electrons. The van der Waals surface area contributed by atoms with Crippen LogP contribution in [0.3, 0.4) is 0 Å². The maximum Gasteiger partial charge on any atom is 0.150 e. The minimum Gasteiger partial charge on any atom is -0.493 e. The molecule has 1 fully saturated rings. The van der Waals surface area contributed by atoms with Crippen LogP contribution < -0.4 is 10.5 Å². The van der Waals surface area contributed by atoms with Crippen molar-refractivity contribution in [3.63, 3.8) is 0 Å². The molecule has 21 heavy (non-hydrogen) atoms. The van der Waals surface area contributed by atoms with Crippen LogP contribution in [0.4, 0.5) is 0 Å². The van der Waals surface area contributed by atoms with Crippen molar-refractivity contribution in [2.75, 3.05) is 12.9 Å². The van der Waals surface area contributed by atoms with Crippen molar-refractivity contribution in [2.45, 2.75) is 42.9 Å². The van der Waals surface area contributed by atoms with Gasteiger partial charge in [-0.15, -0.1) is 0 Å². The van der Waals surface area contributed by atoms with Crippen molar-refractivity contribution in [3.05, 3.63) is 29.8 Å². The average Bonchev–Trinajstić information content (AvgIpc) is 2.90. The van der Waals surface area contributed by atoms with E-state index < -0.39 is 9.84 Å². The van der Waals surface area contributed by atoms with Crippen LogP contribution in [0.25, 0.3) is 0 Å². The van der Waals surface area contributed by atoms with Gasteiger partial charge in [0, 0.05) is 23.8 Å². The topological polar surface area (TPSA) is 69.4 Å². The number of benzene rings is 1. The fourth-order valence-electron chi connectivity index (χ4n) is 3.75. The lowest BCUT2D eigenvalue weighted by Crippen LogP contribution is -2.41. The van der Waals surface area contributed by atoms with Gasteiger partial charge in [0.1, 0.15) is 15.6 Å². The molecular weight excluding hydrogens is 286 g/mol. The number of hydrogen-bond acceptors (Lipinski definition) is 4. The van der Waals surface area contributed by atoms with E-state index in [9.17, 15) is 8.42 Å². The molecule has 5 heteroatoms. The number of sulfone groups is 1. The standard InChI is InChI=1S/C16H23NO3S/c1-21(18,19)12-6-4-5-11(9-12)16(17)14-10-20-15-8-3-2-7-13(14)15/h2-3,7-8,11-12,14,16H,4-6,9-10,17H2,1H3. The highest BCUT2D eigenvalue weighted by Crippen LogP contribution is 2.40. The third kappa shape index (κ3) is 2.94. The zero-order valence-electron chi connectivity index (χ0n) is 12.4. The molecule has 0 aromatic heterocycles. The largest absolute Gasteiger partial charge is 0.493 e. The Morgan fingerprint density at radius 1 is 1.29 bits per heavy atom. The van der Waals surface area contributed by atoms with Crippen molar-refractivity contribution in [1.29, 1.82) is 0 Å². The molecule has 0 saturated heterocycles. The van der Waals surface area contributed by atoms with Gasteiger partial charge < -0.3 is 10.5 Å². The fraction of sp³-hybridized carbons (Fsp3) is 0.625. The zero-order chi connectivity index (χ0) is 15.0. The van der Waals surface area contributed by atoms with Gasteiger partial charge in [0.2, 0.25) is 0 Å². The van der Waals surface area contributed by atoms with Crippen molar-refractivity contribution in [2.24, 2.45) is 11.7 Å². The van der Waals surface area contributed by atoms with Crippen LogP contribution in [0, 0.1) is 5.92 Å². The van der Waals surface area contributed by atoms with E-state index in [1.54, 1.807) is 0 Å². The van der Waals surface area contributed by atoms with E-state index in [0.717, 1.165) is 25.0 Å². The molecule has 4 atom stereocenters. The molecule has 1 aliphatic heterocycles.